The fraction of sp³-hybridized carbons (Fsp3) is 0.286. The molecule has 0 spiro atoms. The Kier molecular flexibility index (Phi) is 5.03. The van der Waals surface area contributed by atoms with Crippen LogP contribution in [0.3, 0.4) is 0 Å². The molecule has 1 N–H and O–H groups in total. The van der Waals surface area contributed by atoms with E-state index in [-0.39, 0.29) is 11.8 Å². The molecule has 0 aliphatic rings. The van der Waals surface area contributed by atoms with Crippen LogP contribution in [-0.2, 0) is 6.54 Å². The van der Waals surface area contributed by atoms with Gasteiger partial charge in [-0.1, -0.05) is 13.8 Å². The van der Waals surface area contributed by atoms with Crippen LogP contribution in [-0.4, -0.2) is 16.0 Å². The lowest BCUT2D eigenvalue weighted by Crippen LogP contribution is -2.21. The Morgan fingerprint density at radius 3 is 2.60 bits per heavy atom. The highest BCUT2D eigenvalue weighted by molar-refractivity contribution is 9.10. The maximum atomic E-state index is 13.0. The molecule has 0 saturated heterocycles. The van der Waals surface area contributed by atoms with Crippen LogP contribution in [0, 0.1) is 5.82 Å². The van der Waals surface area contributed by atoms with Gasteiger partial charge in [0, 0.05) is 30.5 Å². The van der Waals surface area contributed by atoms with E-state index in [1.165, 1.54) is 18.2 Å². The lowest BCUT2D eigenvalue weighted by atomic mass is 10.3. The molecule has 0 bridgehead atoms. The molecule has 0 aliphatic heterocycles. The minimum absolute atomic E-state index is 0.227. The average Bonchev–Trinajstić information content (AvgIpc) is 2.41. The van der Waals surface area contributed by atoms with Gasteiger partial charge in [-0.25, -0.2) is 14.4 Å². The molecule has 1 heterocycles. The Labute approximate surface area is 125 Å². The van der Waals surface area contributed by atoms with Gasteiger partial charge in [-0.3, -0.25) is 0 Å². The van der Waals surface area contributed by atoms with E-state index in [1.807, 2.05) is 0 Å². The van der Waals surface area contributed by atoms with E-state index in [0.29, 0.717) is 22.8 Å². The molecule has 0 fully saturated rings. The van der Waals surface area contributed by atoms with Crippen molar-refractivity contribution in [3.8, 4) is 11.8 Å². The summed E-state index contributed by atoms with van der Waals surface area (Å²) >= 11 is 3.23. The SMILES string of the molecule is CC(C)NCc1cnc(Oc2ccc(F)cc2Br)nc1. The first-order valence-corrected chi connectivity index (χ1v) is 7.01. The number of hydrogen-bond acceptors (Lipinski definition) is 4. The molecule has 20 heavy (non-hydrogen) atoms. The van der Waals surface area contributed by atoms with Crippen LogP contribution >= 0.6 is 15.9 Å². The van der Waals surface area contributed by atoms with E-state index in [9.17, 15) is 4.39 Å². The van der Waals surface area contributed by atoms with Crippen molar-refractivity contribution in [2.24, 2.45) is 0 Å². The predicted octanol–water partition coefficient (Wildman–Crippen LogP) is 3.67. The van der Waals surface area contributed by atoms with Crippen LogP contribution in [0.1, 0.15) is 19.4 Å². The highest BCUT2D eigenvalue weighted by atomic mass is 79.9. The molecular weight excluding hydrogens is 325 g/mol. The number of aromatic nitrogens is 2. The van der Waals surface area contributed by atoms with E-state index in [2.05, 4.69) is 45.1 Å². The maximum Gasteiger partial charge on any atom is 0.321 e. The average molecular weight is 340 g/mol. The fourth-order valence-electron chi connectivity index (χ4n) is 1.47. The highest BCUT2D eigenvalue weighted by Crippen LogP contribution is 2.28. The third-order valence-electron chi connectivity index (χ3n) is 2.49. The van der Waals surface area contributed by atoms with Crippen molar-refractivity contribution in [3.63, 3.8) is 0 Å². The summed E-state index contributed by atoms with van der Waals surface area (Å²) in [5, 5.41) is 3.28. The van der Waals surface area contributed by atoms with Gasteiger partial charge in [0.2, 0.25) is 0 Å². The molecular formula is C14H15BrFN3O. The van der Waals surface area contributed by atoms with Crippen molar-refractivity contribution in [2.75, 3.05) is 0 Å². The third kappa shape index (κ3) is 4.25. The molecule has 2 aromatic rings. The second kappa shape index (κ2) is 6.76. The van der Waals surface area contributed by atoms with Crippen LogP contribution < -0.4 is 10.1 Å². The largest absolute Gasteiger partial charge is 0.423 e. The van der Waals surface area contributed by atoms with E-state index in [4.69, 9.17) is 4.74 Å². The summed E-state index contributed by atoms with van der Waals surface area (Å²) in [5.74, 6) is 0.139. The smallest absolute Gasteiger partial charge is 0.321 e. The number of ether oxygens (including phenoxy) is 1. The summed E-state index contributed by atoms with van der Waals surface area (Å²) in [6, 6.07) is 4.81. The molecule has 0 aliphatic carbocycles. The summed E-state index contributed by atoms with van der Waals surface area (Å²) in [4.78, 5) is 8.26. The first-order chi connectivity index (χ1) is 9.54. The van der Waals surface area contributed by atoms with Crippen molar-refractivity contribution in [1.82, 2.24) is 15.3 Å². The molecule has 0 saturated carbocycles. The van der Waals surface area contributed by atoms with Gasteiger partial charge < -0.3 is 10.1 Å². The van der Waals surface area contributed by atoms with Crippen molar-refractivity contribution in [2.45, 2.75) is 26.4 Å². The van der Waals surface area contributed by atoms with Crippen LogP contribution in [0.15, 0.2) is 35.1 Å². The lowest BCUT2D eigenvalue weighted by molar-refractivity contribution is 0.436. The van der Waals surface area contributed by atoms with E-state index in [1.54, 1.807) is 12.4 Å². The molecule has 0 amide bonds. The van der Waals surface area contributed by atoms with Crippen molar-refractivity contribution in [1.29, 1.82) is 0 Å². The van der Waals surface area contributed by atoms with Crippen LogP contribution in [0.4, 0.5) is 4.39 Å². The van der Waals surface area contributed by atoms with E-state index >= 15 is 0 Å². The number of halogens is 2. The van der Waals surface area contributed by atoms with E-state index < -0.39 is 0 Å². The zero-order valence-corrected chi connectivity index (χ0v) is 12.8. The molecule has 4 nitrogen and oxygen atoms in total. The topological polar surface area (TPSA) is 47.0 Å². The van der Waals surface area contributed by atoms with Crippen molar-refractivity contribution < 1.29 is 9.13 Å². The van der Waals surface area contributed by atoms with E-state index in [0.717, 1.165) is 5.56 Å². The summed E-state index contributed by atoms with van der Waals surface area (Å²) in [5.41, 5.74) is 0.976. The van der Waals surface area contributed by atoms with Gasteiger partial charge in [0.25, 0.3) is 0 Å². The number of nitrogens with one attached hydrogen (secondary N) is 1. The molecule has 1 aromatic heterocycles. The Morgan fingerprint density at radius 1 is 1.30 bits per heavy atom. The summed E-state index contributed by atoms with van der Waals surface area (Å²) in [6.45, 7) is 4.85. The molecule has 2 rings (SSSR count). The number of hydrogen-bond donors (Lipinski definition) is 1. The maximum absolute atomic E-state index is 13.0. The van der Waals surface area contributed by atoms with Gasteiger partial charge in [-0.2, -0.15) is 0 Å². The fourth-order valence-corrected chi connectivity index (χ4v) is 1.90. The second-order valence-electron chi connectivity index (χ2n) is 4.59. The van der Waals surface area contributed by atoms with Gasteiger partial charge in [-0.05, 0) is 34.1 Å². The van der Waals surface area contributed by atoms with Gasteiger partial charge in [-0.15, -0.1) is 0 Å². The molecule has 106 valence electrons. The standard InChI is InChI=1S/C14H15BrFN3O/c1-9(2)17-6-10-7-18-14(19-8-10)20-13-4-3-11(16)5-12(13)15/h3-5,7-9,17H,6H2,1-2H3. The Morgan fingerprint density at radius 2 is 2.00 bits per heavy atom. The lowest BCUT2D eigenvalue weighted by Gasteiger charge is -2.08. The summed E-state index contributed by atoms with van der Waals surface area (Å²) < 4.78 is 19.0. The molecule has 6 heteroatoms. The van der Waals surface area contributed by atoms with Crippen LogP contribution in [0.25, 0.3) is 0 Å². The molecule has 0 atom stereocenters. The van der Waals surface area contributed by atoms with Crippen molar-refractivity contribution >= 4 is 15.9 Å². The van der Waals surface area contributed by atoms with Gasteiger partial charge in [0.1, 0.15) is 11.6 Å². The van der Waals surface area contributed by atoms with Gasteiger partial charge >= 0.3 is 6.01 Å². The zero-order chi connectivity index (χ0) is 14.5. The molecule has 0 unspecified atom stereocenters. The third-order valence-corrected chi connectivity index (χ3v) is 3.11. The molecule has 0 radical (unpaired) electrons. The zero-order valence-electron chi connectivity index (χ0n) is 11.2. The van der Waals surface area contributed by atoms with Gasteiger partial charge in [0.15, 0.2) is 0 Å². The summed E-state index contributed by atoms with van der Waals surface area (Å²) in [7, 11) is 0. The first kappa shape index (κ1) is 14.9. The minimum atomic E-state index is -0.333. The molecule has 1 aromatic carbocycles. The van der Waals surface area contributed by atoms with Crippen LogP contribution in [0.5, 0.6) is 11.8 Å². The van der Waals surface area contributed by atoms with Crippen molar-refractivity contribution in [3.05, 3.63) is 46.4 Å². The predicted molar refractivity (Wildman–Crippen MR) is 78.2 cm³/mol. The second-order valence-corrected chi connectivity index (χ2v) is 5.44. The summed E-state index contributed by atoms with van der Waals surface area (Å²) in [6.07, 6.45) is 3.41. The first-order valence-electron chi connectivity index (χ1n) is 6.22. The Bertz CT molecular complexity index is 575. The van der Waals surface area contributed by atoms with Crippen LogP contribution in [0.2, 0.25) is 0 Å². The monoisotopic (exact) mass is 339 g/mol. The highest BCUT2D eigenvalue weighted by Gasteiger charge is 2.06. The normalized spacial score (nSPS) is 10.8. The van der Waals surface area contributed by atoms with Gasteiger partial charge in [0.05, 0.1) is 4.47 Å². The Balaban J connectivity index is 2.03. The minimum Gasteiger partial charge on any atom is -0.423 e. The number of nitrogens with zero attached hydrogens (tertiary/aromatic N) is 2. The number of rotatable bonds is 5. The Hall–Kier alpha value is -1.53. The number of benzene rings is 1. The quantitative estimate of drug-likeness (QED) is 0.902.